The predicted octanol–water partition coefficient (Wildman–Crippen LogP) is 5.71. The van der Waals surface area contributed by atoms with Gasteiger partial charge in [-0.15, -0.1) is 11.3 Å². The second-order valence-corrected chi connectivity index (χ2v) is 12.1. The van der Waals surface area contributed by atoms with Crippen molar-refractivity contribution in [3.05, 3.63) is 52.6 Å². The molecule has 0 spiro atoms. The number of aryl methyl sites for hydroxylation is 1. The van der Waals surface area contributed by atoms with Crippen molar-refractivity contribution >= 4 is 33.3 Å². The molecule has 6 atom stereocenters. The molecule has 1 aromatic carbocycles. The molecule has 0 amide bonds. The van der Waals surface area contributed by atoms with Gasteiger partial charge >= 0.3 is 5.97 Å². The topological polar surface area (TPSA) is 96.7 Å². The lowest BCUT2D eigenvalue weighted by Gasteiger charge is -2.34. The van der Waals surface area contributed by atoms with Crippen molar-refractivity contribution < 1.29 is 24.5 Å². The molecule has 36 heavy (non-hydrogen) atoms. The van der Waals surface area contributed by atoms with Crippen molar-refractivity contribution in [2.24, 2.45) is 23.2 Å². The van der Waals surface area contributed by atoms with E-state index in [-0.39, 0.29) is 24.0 Å². The molecular formula is C29H39NO5S. The number of allylic oxidation sites excluding steroid dienone is 3. The third-order valence-corrected chi connectivity index (χ3v) is 8.29. The molecule has 0 fully saturated rings. The van der Waals surface area contributed by atoms with Crippen LogP contribution in [0.2, 0.25) is 0 Å². The predicted molar refractivity (Wildman–Crippen MR) is 144 cm³/mol. The van der Waals surface area contributed by atoms with Gasteiger partial charge in [-0.25, -0.2) is 4.98 Å². The second kappa shape index (κ2) is 11.4. The number of cyclic esters (lactones) is 1. The minimum absolute atomic E-state index is 0.141. The van der Waals surface area contributed by atoms with Gasteiger partial charge in [-0.05, 0) is 43.9 Å². The molecular weight excluding hydrogens is 474 g/mol. The molecule has 0 unspecified atom stereocenters. The van der Waals surface area contributed by atoms with Crippen molar-refractivity contribution in [3.63, 3.8) is 0 Å². The van der Waals surface area contributed by atoms with Gasteiger partial charge in [-0.1, -0.05) is 64.5 Å². The van der Waals surface area contributed by atoms with E-state index in [2.05, 4.69) is 11.1 Å². The number of aromatic nitrogens is 1. The van der Waals surface area contributed by atoms with Crippen LogP contribution < -0.4 is 0 Å². The quantitative estimate of drug-likeness (QED) is 0.474. The van der Waals surface area contributed by atoms with Crippen LogP contribution in [-0.2, 0) is 14.3 Å². The zero-order chi connectivity index (χ0) is 26.8. The first kappa shape index (κ1) is 28.2. The van der Waals surface area contributed by atoms with Gasteiger partial charge in [0.1, 0.15) is 11.9 Å². The summed E-state index contributed by atoms with van der Waals surface area (Å²) in [6, 6.07) is 5.91. The summed E-state index contributed by atoms with van der Waals surface area (Å²) in [7, 11) is 0. The molecule has 0 saturated carbocycles. The van der Waals surface area contributed by atoms with Crippen LogP contribution in [0.1, 0.15) is 71.1 Å². The number of aliphatic hydroxyl groups excluding tert-OH is 2. The number of ketones is 1. The van der Waals surface area contributed by atoms with Crippen LogP contribution in [0, 0.1) is 30.1 Å². The molecule has 2 N–H and O–H groups in total. The first-order chi connectivity index (χ1) is 16.8. The number of hydrogen-bond acceptors (Lipinski definition) is 7. The SMILES string of the molecule is CC1=C/[C@H](C)[C@@H](c2ccc3sc(C)nc3c2)OC(=O)C[C@H](O)C(C)(C)C(=O)[C@H](C)[C@@H](O)[C@@H](C)C\C=C\1. The number of rotatable bonds is 1. The number of Topliss-reactive ketones (excluding diaryl/α,β-unsaturated/α-hetero) is 1. The maximum atomic E-state index is 13.2. The van der Waals surface area contributed by atoms with Gasteiger partial charge in [0, 0.05) is 11.8 Å². The molecule has 196 valence electrons. The summed E-state index contributed by atoms with van der Waals surface area (Å²) in [4.78, 5) is 30.9. The average Bonchev–Trinajstić information content (AvgIpc) is 3.19. The van der Waals surface area contributed by atoms with Crippen LogP contribution in [0.5, 0.6) is 0 Å². The van der Waals surface area contributed by atoms with Crippen LogP contribution in [0.3, 0.4) is 0 Å². The summed E-state index contributed by atoms with van der Waals surface area (Å²) in [5.74, 6) is -1.83. The number of fused-ring (bicyclic) bond motifs is 1. The van der Waals surface area contributed by atoms with E-state index in [4.69, 9.17) is 4.74 Å². The fourth-order valence-corrected chi connectivity index (χ4v) is 5.69. The van der Waals surface area contributed by atoms with E-state index in [1.54, 1.807) is 32.1 Å². The molecule has 1 aliphatic rings. The molecule has 2 aromatic rings. The first-order valence-electron chi connectivity index (χ1n) is 12.6. The fraction of sp³-hybridized carbons (Fsp3) is 0.552. The Morgan fingerprint density at radius 2 is 1.81 bits per heavy atom. The van der Waals surface area contributed by atoms with Crippen molar-refractivity contribution in [2.75, 3.05) is 0 Å². The Kier molecular flexibility index (Phi) is 8.91. The van der Waals surface area contributed by atoms with Gasteiger partial charge in [0.2, 0.25) is 0 Å². The maximum Gasteiger partial charge on any atom is 0.309 e. The zero-order valence-corrected chi connectivity index (χ0v) is 23.1. The lowest BCUT2D eigenvalue weighted by molar-refractivity contribution is -0.157. The highest BCUT2D eigenvalue weighted by molar-refractivity contribution is 7.18. The zero-order valence-electron chi connectivity index (χ0n) is 22.3. The minimum atomic E-state index is -1.24. The number of ether oxygens (including phenoxy) is 1. The number of esters is 1. The van der Waals surface area contributed by atoms with Gasteiger partial charge in [0.25, 0.3) is 0 Å². The molecule has 1 aliphatic heterocycles. The Labute approximate surface area is 218 Å². The van der Waals surface area contributed by atoms with Gasteiger partial charge < -0.3 is 14.9 Å². The lowest BCUT2D eigenvalue weighted by atomic mass is 9.73. The van der Waals surface area contributed by atoms with Crippen LogP contribution >= 0.6 is 11.3 Å². The highest BCUT2D eigenvalue weighted by atomic mass is 32.1. The van der Waals surface area contributed by atoms with E-state index >= 15 is 0 Å². The molecule has 2 heterocycles. The summed E-state index contributed by atoms with van der Waals surface area (Å²) in [5, 5.41) is 22.7. The number of carbonyl (C=O) groups is 2. The van der Waals surface area contributed by atoms with Crippen LogP contribution in [-0.4, -0.2) is 39.2 Å². The average molecular weight is 514 g/mol. The van der Waals surface area contributed by atoms with Crippen molar-refractivity contribution in [1.82, 2.24) is 4.98 Å². The van der Waals surface area contributed by atoms with Gasteiger partial charge in [0.15, 0.2) is 0 Å². The number of benzene rings is 1. The Balaban J connectivity index is 2.01. The van der Waals surface area contributed by atoms with Gasteiger partial charge in [0.05, 0.1) is 39.3 Å². The number of thiazole rings is 1. The second-order valence-electron chi connectivity index (χ2n) is 10.8. The molecule has 0 bridgehead atoms. The van der Waals surface area contributed by atoms with E-state index in [1.807, 2.05) is 58.0 Å². The van der Waals surface area contributed by atoms with E-state index in [9.17, 15) is 19.8 Å². The number of aliphatic hydroxyl groups is 2. The van der Waals surface area contributed by atoms with Crippen LogP contribution in [0.4, 0.5) is 0 Å². The molecule has 3 rings (SSSR count). The largest absolute Gasteiger partial charge is 0.457 e. The number of nitrogens with zero attached hydrogens (tertiary/aromatic N) is 1. The van der Waals surface area contributed by atoms with Crippen molar-refractivity contribution in [1.29, 1.82) is 0 Å². The molecule has 0 radical (unpaired) electrons. The third-order valence-electron chi connectivity index (χ3n) is 7.33. The monoisotopic (exact) mass is 513 g/mol. The van der Waals surface area contributed by atoms with Gasteiger partial charge in [-0.3, -0.25) is 9.59 Å². The Morgan fingerprint density at radius 3 is 2.50 bits per heavy atom. The Hall–Kier alpha value is -2.35. The van der Waals surface area contributed by atoms with E-state index in [1.165, 1.54) is 0 Å². The van der Waals surface area contributed by atoms with Crippen LogP contribution in [0.25, 0.3) is 10.2 Å². The van der Waals surface area contributed by atoms with E-state index < -0.39 is 35.6 Å². The molecule has 0 saturated heterocycles. The summed E-state index contributed by atoms with van der Waals surface area (Å²) in [5.41, 5.74) is 1.48. The molecule has 1 aromatic heterocycles. The number of carbonyl (C=O) groups excluding carboxylic acids is 2. The highest BCUT2D eigenvalue weighted by Crippen LogP contribution is 2.35. The van der Waals surface area contributed by atoms with E-state index in [0.717, 1.165) is 26.4 Å². The third kappa shape index (κ3) is 6.31. The summed E-state index contributed by atoms with van der Waals surface area (Å²) < 4.78 is 7.03. The van der Waals surface area contributed by atoms with Gasteiger partial charge in [-0.2, -0.15) is 0 Å². The highest BCUT2D eigenvalue weighted by Gasteiger charge is 2.42. The van der Waals surface area contributed by atoms with Crippen molar-refractivity contribution in [2.45, 2.75) is 79.6 Å². The smallest absolute Gasteiger partial charge is 0.309 e. The standard InChI is InChI=1S/C29H39NO5S/c1-16-9-8-10-17(2)26(33)19(4)28(34)29(6,7)24(31)15-25(32)35-27(18(3)13-16)21-11-12-23-22(14-21)30-20(5)36-23/h8-9,11-14,17-19,24,26-27,31,33H,10,15H2,1-7H3/b9-8+,16-13-/t17-,18-,19+,24-,26-,27-/m0/s1. The Morgan fingerprint density at radius 1 is 1.11 bits per heavy atom. The minimum Gasteiger partial charge on any atom is -0.457 e. The Bertz CT molecular complexity index is 1160. The normalized spacial score (nSPS) is 33.1. The fourth-order valence-electron chi connectivity index (χ4n) is 4.88. The molecule has 6 nitrogen and oxygen atoms in total. The molecule has 0 aliphatic carbocycles. The molecule has 7 heteroatoms. The lowest BCUT2D eigenvalue weighted by Crippen LogP contribution is -2.45. The van der Waals surface area contributed by atoms with E-state index in [0.29, 0.717) is 6.42 Å². The van der Waals surface area contributed by atoms with Crippen molar-refractivity contribution in [3.8, 4) is 0 Å². The first-order valence-corrected chi connectivity index (χ1v) is 13.4. The van der Waals surface area contributed by atoms with Crippen LogP contribution in [0.15, 0.2) is 42.0 Å². The number of hydrogen-bond donors (Lipinski definition) is 2. The maximum absolute atomic E-state index is 13.2. The summed E-state index contributed by atoms with van der Waals surface area (Å²) in [6.07, 6.45) is 3.67. The summed E-state index contributed by atoms with van der Waals surface area (Å²) >= 11 is 1.61. The summed E-state index contributed by atoms with van der Waals surface area (Å²) in [6.45, 7) is 12.8.